The number of nitrogens with zero attached hydrogens (tertiary/aromatic N) is 1. The third kappa shape index (κ3) is 4.42. The minimum atomic E-state index is -0.362. The largest absolute Gasteiger partial charge is 0.378 e. The molecule has 5 heteroatoms. The molecular weight excluding hydrogens is 279 g/mol. The average Bonchev–Trinajstić information content (AvgIpc) is 2.45. The van der Waals surface area contributed by atoms with Crippen LogP contribution in [0.3, 0.4) is 0 Å². The maximum absolute atomic E-state index is 13.2. The van der Waals surface area contributed by atoms with E-state index in [4.69, 9.17) is 16.3 Å². The van der Waals surface area contributed by atoms with Gasteiger partial charge in [0.2, 0.25) is 0 Å². The lowest BCUT2D eigenvalue weighted by atomic mass is 10.1. The number of rotatable bonds is 6. The van der Waals surface area contributed by atoms with Crippen LogP contribution in [0.4, 0.5) is 4.39 Å². The summed E-state index contributed by atoms with van der Waals surface area (Å²) < 4.78 is 18.7. The average molecular weight is 301 g/mol. The standard InChI is InChI=1S/C15H22ClFN2O/c1-2-5-18-9-13-11-20-7-6-19(13)10-12-3-4-15(17)14(16)8-12/h3-4,8,13,18H,2,5-7,9-11H2,1H3. The number of ether oxygens (including phenoxy) is 1. The Labute approximate surface area is 125 Å². The minimum Gasteiger partial charge on any atom is -0.378 e. The maximum Gasteiger partial charge on any atom is 0.141 e. The number of nitrogens with one attached hydrogen (secondary N) is 1. The molecule has 0 bridgehead atoms. The van der Waals surface area contributed by atoms with Crippen molar-refractivity contribution >= 4 is 11.6 Å². The van der Waals surface area contributed by atoms with E-state index in [-0.39, 0.29) is 10.8 Å². The topological polar surface area (TPSA) is 24.5 Å². The fourth-order valence-corrected chi connectivity index (χ4v) is 2.61. The van der Waals surface area contributed by atoms with E-state index in [1.54, 1.807) is 12.1 Å². The van der Waals surface area contributed by atoms with Crippen LogP contribution < -0.4 is 5.32 Å². The van der Waals surface area contributed by atoms with Gasteiger partial charge in [-0.15, -0.1) is 0 Å². The Morgan fingerprint density at radius 3 is 3.10 bits per heavy atom. The molecule has 0 spiro atoms. The van der Waals surface area contributed by atoms with Gasteiger partial charge in [-0.05, 0) is 30.7 Å². The van der Waals surface area contributed by atoms with Gasteiger partial charge in [-0.2, -0.15) is 0 Å². The Morgan fingerprint density at radius 1 is 1.50 bits per heavy atom. The van der Waals surface area contributed by atoms with Crippen molar-refractivity contribution in [1.29, 1.82) is 0 Å². The van der Waals surface area contributed by atoms with E-state index >= 15 is 0 Å². The molecule has 112 valence electrons. The summed E-state index contributed by atoms with van der Waals surface area (Å²) in [5, 5.41) is 3.62. The lowest BCUT2D eigenvalue weighted by Crippen LogP contribution is -2.49. The number of hydrogen-bond acceptors (Lipinski definition) is 3. The van der Waals surface area contributed by atoms with E-state index < -0.39 is 0 Å². The molecule has 0 aromatic heterocycles. The molecular formula is C15H22ClFN2O. The molecule has 3 nitrogen and oxygen atoms in total. The Balaban J connectivity index is 1.95. The lowest BCUT2D eigenvalue weighted by Gasteiger charge is -2.35. The summed E-state index contributed by atoms with van der Waals surface area (Å²) in [7, 11) is 0. The Hall–Kier alpha value is -0.680. The molecule has 0 radical (unpaired) electrons. The quantitative estimate of drug-likeness (QED) is 0.818. The highest BCUT2D eigenvalue weighted by Gasteiger charge is 2.22. The van der Waals surface area contributed by atoms with Crippen LogP contribution in [0.15, 0.2) is 18.2 Å². The van der Waals surface area contributed by atoms with Crippen molar-refractivity contribution < 1.29 is 9.13 Å². The second-order valence-electron chi connectivity index (χ2n) is 5.15. The van der Waals surface area contributed by atoms with Gasteiger partial charge in [-0.25, -0.2) is 4.39 Å². The predicted molar refractivity (Wildman–Crippen MR) is 79.6 cm³/mol. The van der Waals surface area contributed by atoms with Crippen LogP contribution in [0.1, 0.15) is 18.9 Å². The Kier molecular flexibility index (Phi) is 6.23. The smallest absolute Gasteiger partial charge is 0.141 e. The summed E-state index contributed by atoms with van der Waals surface area (Å²) in [6.07, 6.45) is 1.13. The van der Waals surface area contributed by atoms with Crippen LogP contribution in [-0.2, 0) is 11.3 Å². The van der Waals surface area contributed by atoms with Crippen molar-refractivity contribution in [3.63, 3.8) is 0 Å². The van der Waals surface area contributed by atoms with Crippen LogP contribution in [0.5, 0.6) is 0 Å². The van der Waals surface area contributed by atoms with Crippen molar-refractivity contribution in [3.8, 4) is 0 Å². The van der Waals surface area contributed by atoms with Gasteiger partial charge in [0.05, 0.1) is 18.2 Å². The van der Waals surface area contributed by atoms with E-state index in [2.05, 4.69) is 17.1 Å². The molecule has 2 rings (SSSR count). The minimum absolute atomic E-state index is 0.191. The summed E-state index contributed by atoms with van der Waals surface area (Å²) in [4.78, 5) is 2.37. The summed E-state index contributed by atoms with van der Waals surface area (Å²) in [6.45, 7) is 7.26. The zero-order chi connectivity index (χ0) is 14.4. The van der Waals surface area contributed by atoms with Gasteiger partial charge in [0.25, 0.3) is 0 Å². The molecule has 1 fully saturated rings. The Morgan fingerprint density at radius 2 is 2.35 bits per heavy atom. The Bertz CT molecular complexity index is 430. The molecule has 1 heterocycles. The molecule has 0 amide bonds. The molecule has 20 heavy (non-hydrogen) atoms. The SMILES string of the molecule is CCCNCC1COCCN1Cc1ccc(F)c(Cl)c1. The van der Waals surface area contributed by atoms with E-state index in [0.29, 0.717) is 6.04 Å². The van der Waals surface area contributed by atoms with Gasteiger partial charge in [-0.3, -0.25) is 4.90 Å². The van der Waals surface area contributed by atoms with Gasteiger partial charge in [0.15, 0.2) is 0 Å². The summed E-state index contributed by atoms with van der Waals surface area (Å²) >= 11 is 5.84. The fourth-order valence-electron chi connectivity index (χ4n) is 2.40. The van der Waals surface area contributed by atoms with Gasteiger partial charge in [-0.1, -0.05) is 24.6 Å². The molecule has 1 aliphatic rings. The highest BCUT2D eigenvalue weighted by molar-refractivity contribution is 6.30. The van der Waals surface area contributed by atoms with Gasteiger partial charge < -0.3 is 10.1 Å². The zero-order valence-corrected chi connectivity index (χ0v) is 12.6. The summed E-state index contributed by atoms with van der Waals surface area (Å²) in [6, 6.07) is 5.30. The molecule has 1 aromatic rings. The van der Waals surface area contributed by atoms with Crippen molar-refractivity contribution in [2.75, 3.05) is 32.8 Å². The van der Waals surface area contributed by atoms with E-state index in [0.717, 1.165) is 51.4 Å². The first-order valence-electron chi connectivity index (χ1n) is 7.17. The molecule has 1 saturated heterocycles. The molecule has 0 aliphatic carbocycles. The second kappa shape index (κ2) is 7.93. The fraction of sp³-hybridized carbons (Fsp3) is 0.600. The van der Waals surface area contributed by atoms with Crippen molar-refractivity contribution in [3.05, 3.63) is 34.6 Å². The number of benzene rings is 1. The van der Waals surface area contributed by atoms with Gasteiger partial charge >= 0.3 is 0 Å². The molecule has 1 unspecified atom stereocenters. The van der Waals surface area contributed by atoms with E-state index in [9.17, 15) is 4.39 Å². The normalized spacial score (nSPS) is 20.2. The number of hydrogen-bond donors (Lipinski definition) is 1. The van der Waals surface area contributed by atoms with Crippen molar-refractivity contribution in [2.45, 2.75) is 25.9 Å². The molecule has 0 saturated carbocycles. The van der Waals surface area contributed by atoms with Crippen LogP contribution >= 0.6 is 11.6 Å². The maximum atomic E-state index is 13.2. The van der Waals surface area contributed by atoms with Crippen molar-refractivity contribution in [1.82, 2.24) is 10.2 Å². The zero-order valence-electron chi connectivity index (χ0n) is 11.9. The van der Waals surface area contributed by atoms with Gasteiger partial charge in [0.1, 0.15) is 5.82 Å². The summed E-state index contributed by atoms with van der Waals surface area (Å²) in [5.41, 5.74) is 1.04. The van der Waals surface area contributed by atoms with Crippen LogP contribution in [0.2, 0.25) is 5.02 Å². The number of morpholine rings is 1. The highest BCUT2D eigenvalue weighted by atomic mass is 35.5. The first-order chi connectivity index (χ1) is 9.70. The van der Waals surface area contributed by atoms with E-state index in [1.807, 2.05) is 0 Å². The molecule has 1 aromatic carbocycles. The monoisotopic (exact) mass is 300 g/mol. The third-order valence-corrected chi connectivity index (χ3v) is 3.82. The van der Waals surface area contributed by atoms with Crippen LogP contribution in [-0.4, -0.2) is 43.8 Å². The second-order valence-corrected chi connectivity index (χ2v) is 5.56. The van der Waals surface area contributed by atoms with Crippen molar-refractivity contribution in [2.24, 2.45) is 0 Å². The molecule has 1 N–H and O–H groups in total. The highest BCUT2D eigenvalue weighted by Crippen LogP contribution is 2.19. The van der Waals surface area contributed by atoms with Gasteiger partial charge in [0, 0.05) is 25.7 Å². The van der Waals surface area contributed by atoms with E-state index in [1.165, 1.54) is 6.07 Å². The van der Waals surface area contributed by atoms with Crippen LogP contribution in [0, 0.1) is 5.82 Å². The first kappa shape index (κ1) is 15.7. The predicted octanol–water partition coefficient (Wildman–Crippen LogP) is 2.68. The molecule has 1 atom stereocenters. The summed E-state index contributed by atoms with van der Waals surface area (Å²) in [5.74, 6) is -0.362. The number of halogens is 2. The van der Waals surface area contributed by atoms with Crippen LogP contribution in [0.25, 0.3) is 0 Å². The lowest BCUT2D eigenvalue weighted by molar-refractivity contribution is -0.0108. The molecule has 1 aliphatic heterocycles. The third-order valence-electron chi connectivity index (χ3n) is 3.53. The first-order valence-corrected chi connectivity index (χ1v) is 7.55.